The number of nitrogens with zero attached hydrogens (tertiary/aromatic N) is 1. The summed E-state index contributed by atoms with van der Waals surface area (Å²) in [5, 5.41) is 4.17. The van der Waals surface area contributed by atoms with E-state index in [-0.39, 0.29) is 5.91 Å². The normalized spacial score (nSPS) is 10.8. The molecule has 0 fully saturated rings. The number of hydrogen-bond donors (Lipinski definition) is 1. The highest BCUT2D eigenvalue weighted by atomic mass is 35.5. The number of fused-ring (bicyclic) bond motifs is 1. The Hall–Kier alpha value is -1.62. The zero-order valence-corrected chi connectivity index (χ0v) is 13.3. The quantitative estimate of drug-likeness (QED) is 0.701. The van der Waals surface area contributed by atoms with E-state index in [4.69, 9.17) is 23.2 Å². The van der Waals surface area contributed by atoms with Crippen LogP contribution in [0.25, 0.3) is 10.2 Å². The Morgan fingerprint density at radius 1 is 1.14 bits per heavy atom. The molecular weight excluding hydrogens is 327 g/mol. The Kier molecular flexibility index (Phi) is 3.85. The first-order valence-corrected chi connectivity index (χ1v) is 7.73. The maximum absolute atomic E-state index is 12.2. The van der Waals surface area contributed by atoms with Gasteiger partial charge in [0.1, 0.15) is 0 Å². The first-order valence-electron chi connectivity index (χ1n) is 6.16. The predicted octanol–water partition coefficient (Wildman–Crippen LogP) is 5.16. The zero-order chi connectivity index (χ0) is 15.0. The molecule has 2 aromatic carbocycles. The summed E-state index contributed by atoms with van der Waals surface area (Å²) in [5.41, 5.74) is 2.43. The van der Waals surface area contributed by atoms with Gasteiger partial charge in [-0.3, -0.25) is 10.1 Å². The van der Waals surface area contributed by atoms with Crippen molar-refractivity contribution < 1.29 is 4.79 Å². The fourth-order valence-corrected chi connectivity index (χ4v) is 3.42. The van der Waals surface area contributed by atoms with Gasteiger partial charge >= 0.3 is 0 Å². The number of anilines is 1. The second kappa shape index (κ2) is 5.64. The topological polar surface area (TPSA) is 42.0 Å². The molecule has 0 spiro atoms. The summed E-state index contributed by atoms with van der Waals surface area (Å²) in [6, 6.07) is 10.7. The molecule has 0 aliphatic heterocycles. The minimum absolute atomic E-state index is 0.282. The van der Waals surface area contributed by atoms with E-state index in [1.165, 1.54) is 11.3 Å². The molecule has 106 valence electrons. The van der Waals surface area contributed by atoms with E-state index in [1.807, 2.05) is 25.1 Å². The van der Waals surface area contributed by atoms with Crippen LogP contribution in [0, 0.1) is 6.92 Å². The van der Waals surface area contributed by atoms with E-state index in [1.54, 1.807) is 18.2 Å². The van der Waals surface area contributed by atoms with Gasteiger partial charge < -0.3 is 0 Å². The van der Waals surface area contributed by atoms with Gasteiger partial charge in [0.25, 0.3) is 5.91 Å². The Morgan fingerprint density at radius 3 is 2.57 bits per heavy atom. The van der Waals surface area contributed by atoms with Crippen molar-refractivity contribution in [2.24, 2.45) is 0 Å². The highest BCUT2D eigenvalue weighted by molar-refractivity contribution is 7.22. The molecule has 0 saturated heterocycles. The fourth-order valence-electron chi connectivity index (χ4n) is 1.94. The van der Waals surface area contributed by atoms with Gasteiger partial charge in [-0.1, -0.05) is 40.6 Å². The van der Waals surface area contributed by atoms with E-state index < -0.39 is 0 Å². The summed E-state index contributed by atoms with van der Waals surface area (Å²) in [5.74, 6) is -0.282. The van der Waals surface area contributed by atoms with E-state index in [2.05, 4.69) is 10.3 Å². The molecule has 3 nitrogen and oxygen atoms in total. The van der Waals surface area contributed by atoms with Gasteiger partial charge in [0.2, 0.25) is 0 Å². The number of nitrogens with one attached hydrogen (secondary N) is 1. The van der Waals surface area contributed by atoms with E-state index in [0.717, 1.165) is 15.8 Å². The van der Waals surface area contributed by atoms with Crippen LogP contribution < -0.4 is 5.32 Å². The fraction of sp³-hybridized carbons (Fsp3) is 0.0667. The van der Waals surface area contributed by atoms with Crippen LogP contribution >= 0.6 is 34.5 Å². The summed E-state index contributed by atoms with van der Waals surface area (Å²) < 4.78 is 1.04. The van der Waals surface area contributed by atoms with Crippen molar-refractivity contribution in [2.75, 3.05) is 5.32 Å². The van der Waals surface area contributed by atoms with Crippen LogP contribution in [0.4, 0.5) is 5.13 Å². The van der Waals surface area contributed by atoms with E-state index in [9.17, 15) is 4.79 Å². The maximum atomic E-state index is 12.2. The molecule has 0 radical (unpaired) electrons. The number of amides is 1. The third kappa shape index (κ3) is 3.18. The Bertz CT molecular complexity index is 825. The molecule has 1 heterocycles. The minimum atomic E-state index is -0.282. The summed E-state index contributed by atoms with van der Waals surface area (Å²) in [7, 11) is 0. The lowest BCUT2D eigenvalue weighted by molar-refractivity contribution is 0.102. The molecule has 0 atom stereocenters. The molecule has 1 N–H and O–H groups in total. The Balaban J connectivity index is 1.88. The number of halogens is 2. The molecule has 0 bridgehead atoms. The number of benzene rings is 2. The van der Waals surface area contributed by atoms with Crippen LogP contribution in [-0.4, -0.2) is 10.9 Å². The Morgan fingerprint density at radius 2 is 1.86 bits per heavy atom. The average molecular weight is 337 g/mol. The number of aryl methyl sites for hydroxylation is 1. The third-order valence-corrected chi connectivity index (χ3v) is 4.26. The van der Waals surface area contributed by atoms with Gasteiger partial charge in [-0.25, -0.2) is 4.98 Å². The molecular formula is C15H10Cl2N2OS. The van der Waals surface area contributed by atoms with Crippen LogP contribution in [0.2, 0.25) is 10.0 Å². The number of hydrogen-bond acceptors (Lipinski definition) is 3. The Labute approximate surface area is 135 Å². The average Bonchev–Trinajstić information content (AvgIpc) is 2.78. The summed E-state index contributed by atoms with van der Waals surface area (Å²) in [6.45, 7) is 2.02. The van der Waals surface area contributed by atoms with Crippen LogP contribution in [0.15, 0.2) is 36.4 Å². The highest BCUT2D eigenvalue weighted by Crippen LogP contribution is 2.27. The molecule has 0 saturated carbocycles. The van der Waals surface area contributed by atoms with Crippen molar-refractivity contribution in [3.05, 3.63) is 57.6 Å². The zero-order valence-electron chi connectivity index (χ0n) is 11.0. The first-order chi connectivity index (χ1) is 10.0. The van der Waals surface area contributed by atoms with Crippen molar-refractivity contribution in [1.82, 2.24) is 4.98 Å². The largest absolute Gasteiger partial charge is 0.298 e. The second-order valence-electron chi connectivity index (χ2n) is 4.60. The third-order valence-electron chi connectivity index (χ3n) is 2.89. The van der Waals surface area contributed by atoms with Gasteiger partial charge in [-0.15, -0.1) is 0 Å². The molecule has 0 aliphatic carbocycles. The standard InChI is InChI=1S/C15H10Cl2N2OS/c1-8-2-3-12-13(4-8)21-15(18-12)19-14(20)9-5-10(16)7-11(17)6-9/h2-7H,1H3,(H,18,19,20). The molecule has 6 heteroatoms. The van der Waals surface area contributed by atoms with Crippen molar-refractivity contribution in [3.8, 4) is 0 Å². The molecule has 3 rings (SSSR count). The smallest absolute Gasteiger partial charge is 0.257 e. The van der Waals surface area contributed by atoms with Crippen LogP contribution in [0.5, 0.6) is 0 Å². The number of rotatable bonds is 2. The van der Waals surface area contributed by atoms with E-state index >= 15 is 0 Å². The maximum Gasteiger partial charge on any atom is 0.257 e. The van der Waals surface area contributed by atoms with Crippen molar-refractivity contribution in [1.29, 1.82) is 0 Å². The van der Waals surface area contributed by atoms with Gasteiger partial charge in [0, 0.05) is 15.6 Å². The van der Waals surface area contributed by atoms with Crippen LogP contribution in [-0.2, 0) is 0 Å². The first kappa shape index (κ1) is 14.3. The van der Waals surface area contributed by atoms with Gasteiger partial charge in [-0.2, -0.15) is 0 Å². The molecule has 1 aromatic heterocycles. The highest BCUT2D eigenvalue weighted by Gasteiger charge is 2.11. The number of aromatic nitrogens is 1. The number of thiazole rings is 1. The SMILES string of the molecule is Cc1ccc2nc(NC(=O)c3cc(Cl)cc(Cl)c3)sc2c1. The monoisotopic (exact) mass is 336 g/mol. The van der Waals surface area contributed by atoms with Gasteiger partial charge in [0.05, 0.1) is 10.2 Å². The molecule has 1 amide bonds. The van der Waals surface area contributed by atoms with E-state index in [0.29, 0.717) is 20.7 Å². The van der Waals surface area contributed by atoms with Crippen molar-refractivity contribution in [2.45, 2.75) is 6.92 Å². The lowest BCUT2D eigenvalue weighted by atomic mass is 10.2. The second-order valence-corrected chi connectivity index (χ2v) is 6.51. The lowest BCUT2D eigenvalue weighted by Crippen LogP contribution is -2.11. The molecule has 0 unspecified atom stereocenters. The summed E-state index contributed by atoms with van der Waals surface area (Å²) in [6.07, 6.45) is 0. The molecule has 21 heavy (non-hydrogen) atoms. The number of carbonyl (C=O) groups is 1. The van der Waals surface area contributed by atoms with Crippen molar-refractivity contribution in [3.63, 3.8) is 0 Å². The van der Waals surface area contributed by atoms with Crippen LogP contribution in [0.3, 0.4) is 0 Å². The van der Waals surface area contributed by atoms with Crippen LogP contribution in [0.1, 0.15) is 15.9 Å². The van der Waals surface area contributed by atoms with Gasteiger partial charge in [0.15, 0.2) is 5.13 Å². The predicted molar refractivity (Wildman–Crippen MR) is 88.8 cm³/mol. The summed E-state index contributed by atoms with van der Waals surface area (Å²) in [4.78, 5) is 16.6. The minimum Gasteiger partial charge on any atom is -0.298 e. The lowest BCUT2D eigenvalue weighted by Gasteiger charge is -2.02. The van der Waals surface area contributed by atoms with Gasteiger partial charge in [-0.05, 0) is 42.8 Å². The van der Waals surface area contributed by atoms with Crippen molar-refractivity contribution >= 4 is 55.8 Å². The molecule has 0 aliphatic rings. The molecule has 3 aromatic rings. The summed E-state index contributed by atoms with van der Waals surface area (Å²) >= 11 is 13.2. The number of carbonyl (C=O) groups excluding carboxylic acids is 1.